The minimum absolute atomic E-state index is 0.289. The van der Waals surface area contributed by atoms with Gasteiger partial charge in [-0.15, -0.1) is 11.3 Å². The van der Waals surface area contributed by atoms with E-state index in [1.54, 1.807) is 11.3 Å². The molecule has 1 aliphatic carbocycles. The molecule has 1 aliphatic rings. The van der Waals surface area contributed by atoms with Crippen LogP contribution in [0.1, 0.15) is 27.9 Å². The Balaban J connectivity index is 1.42. The first-order chi connectivity index (χ1) is 13.2. The monoisotopic (exact) mass is 397 g/mol. The van der Waals surface area contributed by atoms with Gasteiger partial charge in [0.25, 0.3) is 5.91 Å². The zero-order valence-corrected chi connectivity index (χ0v) is 16.1. The Kier molecular flexibility index (Phi) is 3.95. The van der Waals surface area contributed by atoms with Crippen LogP contribution >= 0.6 is 22.7 Å². The topological polar surface area (TPSA) is 77.2 Å². The predicted molar refractivity (Wildman–Crippen MR) is 106 cm³/mol. The first-order valence-electron chi connectivity index (χ1n) is 8.63. The van der Waals surface area contributed by atoms with Gasteiger partial charge in [-0.1, -0.05) is 16.5 Å². The van der Waals surface area contributed by atoms with Crippen molar-refractivity contribution in [1.29, 1.82) is 0 Å². The van der Waals surface area contributed by atoms with Gasteiger partial charge in [0.05, 0.1) is 16.8 Å². The number of rotatable bonds is 4. The second kappa shape index (κ2) is 6.47. The number of thiophene rings is 1. The largest absolute Gasteiger partial charge is 0.494 e. The number of hydrogen-bond acceptors (Lipinski definition) is 7. The number of ether oxygens (including phenoxy) is 1. The molecule has 5 rings (SSSR count). The van der Waals surface area contributed by atoms with Gasteiger partial charge in [-0.25, -0.2) is 4.98 Å². The first kappa shape index (κ1) is 16.5. The SMILES string of the molecule is CCOc1ccc2nc(NC(=O)c3noc4c3CCc3sccc3-4)sc2c1. The second-order valence-corrected chi connectivity index (χ2v) is 8.16. The number of carbonyl (C=O) groups is 1. The summed E-state index contributed by atoms with van der Waals surface area (Å²) < 4.78 is 12.0. The number of fused-ring (bicyclic) bond motifs is 4. The molecule has 0 unspecified atom stereocenters. The Morgan fingerprint density at radius 3 is 3.15 bits per heavy atom. The van der Waals surface area contributed by atoms with Crippen molar-refractivity contribution in [3.8, 4) is 17.1 Å². The minimum atomic E-state index is -0.289. The highest BCUT2D eigenvalue weighted by molar-refractivity contribution is 7.22. The summed E-state index contributed by atoms with van der Waals surface area (Å²) in [5.41, 5.74) is 3.09. The number of amides is 1. The van der Waals surface area contributed by atoms with Crippen molar-refractivity contribution in [2.24, 2.45) is 0 Å². The summed E-state index contributed by atoms with van der Waals surface area (Å²) in [5, 5.41) is 9.48. The van der Waals surface area contributed by atoms with Crippen LogP contribution in [0.5, 0.6) is 5.75 Å². The van der Waals surface area contributed by atoms with Gasteiger partial charge in [-0.05, 0) is 49.4 Å². The highest BCUT2D eigenvalue weighted by Crippen LogP contribution is 2.38. The number of hydrogen-bond donors (Lipinski definition) is 1. The summed E-state index contributed by atoms with van der Waals surface area (Å²) in [6.45, 7) is 2.55. The lowest BCUT2D eigenvalue weighted by atomic mass is 9.95. The zero-order valence-electron chi connectivity index (χ0n) is 14.4. The summed E-state index contributed by atoms with van der Waals surface area (Å²) in [6.07, 6.45) is 1.66. The van der Waals surface area contributed by atoms with Gasteiger partial charge in [-0.2, -0.15) is 0 Å². The van der Waals surface area contributed by atoms with E-state index < -0.39 is 0 Å². The third-order valence-corrected chi connectivity index (χ3v) is 6.40. The summed E-state index contributed by atoms with van der Waals surface area (Å²) in [5.74, 6) is 1.22. The average molecular weight is 397 g/mol. The standard InChI is InChI=1S/C19H15N3O3S2/c1-2-24-10-3-5-13-15(9-10)27-19(20-13)21-18(23)16-12-4-6-14-11(7-8-26-14)17(12)25-22-16/h3,5,7-9H,2,4,6H2,1H3,(H,20,21,23). The number of nitrogens with zero attached hydrogens (tertiary/aromatic N) is 2. The third-order valence-electron chi connectivity index (χ3n) is 4.49. The summed E-state index contributed by atoms with van der Waals surface area (Å²) in [6, 6.07) is 7.72. The van der Waals surface area contributed by atoms with Crippen LogP contribution in [-0.4, -0.2) is 22.7 Å². The molecule has 1 N–H and O–H groups in total. The summed E-state index contributed by atoms with van der Waals surface area (Å²) in [7, 11) is 0. The van der Waals surface area contributed by atoms with Crippen LogP contribution in [0.25, 0.3) is 21.5 Å². The van der Waals surface area contributed by atoms with Crippen LogP contribution in [0.4, 0.5) is 5.13 Å². The first-order valence-corrected chi connectivity index (χ1v) is 10.3. The lowest BCUT2D eigenvalue weighted by molar-refractivity contribution is 0.101. The molecule has 1 aromatic carbocycles. The molecule has 0 bridgehead atoms. The molecule has 27 heavy (non-hydrogen) atoms. The molecule has 0 atom stereocenters. The van der Waals surface area contributed by atoms with Gasteiger partial charge in [0.1, 0.15) is 5.75 Å². The highest BCUT2D eigenvalue weighted by atomic mass is 32.1. The van der Waals surface area contributed by atoms with Crippen molar-refractivity contribution >= 4 is 43.9 Å². The van der Waals surface area contributed by atoms with Crippen LogP contribution in [0.3, 0.4) is 0 Å². The van der Waals surface area contributed by atoms with Crippen molar-refractivity contribution in [3.63, 3.8) is 0 Å². The van der Waals surface area contributed by atoms with E-state index in [0.29, 0.717) is 23.2 Å². The van der Waals surface area contributed by atoms with E-state index in [-0.39, 0.29) is 5.91 Å². The maximum Gasteiger partial charge on any atom is 0.279 e. The van der Waals surface area contributed by atoms with Crippen LogP contribution in [0, 0.1) is 0 Å². The molecular formula is C19H15N3O3S2. The van der Waals surface area contributed by atoms with Crippen LogP contribution < -0.4 is 10.1 Å². The Hall–Kier alpha value is -2.71. The molecule has 0 aliphatic heterocycles. The van der Waals surface area contributed by atoms with Gasteiger partial charge in [0, 0.05) is 16.0 Å². The molecule has 0 saturated heterocycles. The minimum Gasteiger partial charge on any atom is -0.494 e. The van der Waals surface area contributed by atoms with Crippen molar-refractivity contribution in [2.75, 3.05) is 11.9 Å². The maximum absolute atomic E-state index is 12.8. The van der Waals surface area contributed by atoms with E-state index in [1.807, 2.05) is 36.6 Å². The lowest BCUT2D eigenvalue weighted by Gasteiger charge is -2.10. The van der Waals surface area contributed by atoms with Crippen molar-refractivity contribution in [3.05, 3.63) is 45.8 Å². The number of carbonyl (C=O) groups excluding carboxylic acids is 1. The molecule has 3 aromatic heterocycles. The van der Waals surface area contributed by atoms with Gasteiger partial charge in [0.15, 0.2) is 16.6 Å². The molecule has 4 aromatic rings. The van der Waals surface area contributed by atoms with Crippen LogP contribution in [0.15, 0.2) is 34.2 Å². The quantitative estimate of drug-likeness (QED) is 0.537. The van der Waals surface area contributed by atoms with Crippen molar-refractivity contribution in [1.82, 2.24) is 10.1 Å². The molecule has 0 radical (unpaired) electrons. The van der Waals surface area contributed by atoms with Gasteiger partial charge in [0.2, 0.25) is 0 Å². The number of aryl methyl sites for hydroxylation is 1. The van der Waals surface area contributed by atoms with Gasteiger partial charge < -0.3 is 9.26 Å². The van der Waals surface area contributed by atoms with Gasteiger partial charge >= 0.3 is 0 Å². The fraction of sp³-hybridized carbons (Fsp3) is 0.211. The van der Waals surface area contributed by atoms with Crippen LogP contribution in [-0.2, 0) is 12.8 Å². The molecule has 1 amide bonds. The average Bonchev–Trinajstić information content (AvgIpc) is 3.37. The molecule has 0 fully saturated rings. The number of anilines is 1. The summed E-state index contributed by atoms with van der Waals surface area (Å²) in [4.78, 5) is 18.5. The normalized spacial score (nSPS) is 12.6. The molecule has 0 spiro atoms. The van der Waals surface area contributed by atoms with E-state index in [1.165, 1.54) is 16.2 Å². The second-order valence-electron chi connectivity index (χ2n) is 6.13. The van der Waals surface area contributed by atoms with E-state index >= 15 is 0 Å². The molecule has 136 valence electrons. The Morgan fingerprint density at radius 2 is 2.26 bits per heavy atom. The Labute approximate surface area is 162 Å². The Bertz CT molecular complexity index is 1160. The van der Waals surface area contributed by atoms with E-state index in [2.05, 4.69) is 15.5 Å². The molecule has 8 heteroatoms. The number of nitrogens with one attached hydrogen (secondary N) is 1. The third kappa shape index (κ3) is 2.81. The maximum atomic E-state index is 12.8. The van der Waals surface area contributed by atoms with E-state index in [4.69, 9.17) is 9.26 Å². The molecule has 3 heterocycles. The smallest absolute Gasteiger partial charge is 0.279 e. The van der Waals surface area contributed by atoms with E-state index in [9.17, 15) is 4.79 Å². The molecule has 0 saturated carbocycles. The molecule has 6 nitrogen and oxygen atoms in total. The fourth-order valence-electron chi connectivity index (χ4n) is 3.28. The Morgan fingerprint density at radius 1 is 1.33 bits per heavy atom. The summed E-state index contributed by atoms with van der Waals surface area (Å²) >= 11 is 3.12. The van der Waals surface area contributed by atoms with Crippen molar-refractivity contribution < 1.29 is 14.1 Å². The lowest BCUT2D eigenvalue weighted by Crippen LogP contribution is -2.15. The predicted octanol–water partition coefficient (Wildman–Crippen LogP) is 4.76. The fourth-order valence-corrected chi connectivity index (χ4v) is 5.04. The highest BCUT2D eigenvalue weighted by Gasteiger charge is 2.28. The van der Waals surface area contributed by atoms with Crippen molar-refractivity contribution in [2.45, 2.75) is 19.8 Å². The number of thiazole rings is 1. The van der Waals surface area contributed by atoms with Crippen LogP contribution in [0.2, 0.25) is 0 Å². The zero-order chi connectivity index (χ0) is 18.4. The molecular weight excluding hydrogens is 382 g/mol. The number of aromatic nitrogens is 2. The van der Waals surface area contributed by atoms with E-state index in [0.717, 1.165) is 39.9 Å². The number of benzene rings is 1. The van der Waals surface area contributed by atoms with Gasteiger partial charge in [-0.3, -0.25) is 10.1 Å².